The van der Waals surface area contributed by atoms with Crippen molar-refractivity contribution in [2.24, 2.45) is 17.6 Å². The van der Waals surface area contributed by atoms with Gasteiger partial charge in [-0.15, -0.1) is 12.4 Å². The lowest BCUT2D eigenvalue weighted by Crippen LogP contribution is -2.50. The van der Waals surface area contributed by atoms with E-state index < -0.39 is 0 Å². The van der Waals surface area contributed by atoms with Crippen LogP contribution < -0.4 is 5.73 Å². The topological polar surface area (TPSA) is 66.6 Å². The molecule has 1 aromatic carbocycles. The Kier molecular flexibility index (Phi) is 8.53. The van der Waals surface area contributed by atoms with Crippen LogP contribution in [0.1, 0.15) is 62.7 Å². The first-order valence-corrected chi connectivity index (χ1v) is 10.8. The van der Waals surface area contributed by atoms with E-state index in [4.69, 9.17) is 5.73 Å². The van der Waals surface area contributed by atoms with Gasteiger partial charge >= 0.3 is 0 Å². The molecule has 5 nitrogen and oxygen atoms in total. The number of nitrogens with zero attached hydrogens (tertiary/aromatic N) is 2. The number of amides is 2. The second-order valence-electron chi connectivity index (χ2n) is 8.90. The average Bonchev–Trinajstić information content (AvgIpc) is 3.10. The Labute approximate surface area is 181 Å². The van der Waals surface area contributed by atoms with Crippen LogP contribution in [0.5, 0.6) is 0 Å². The minimum atomic E-state index is -0.346. The van der Waals surface area contributed by atoms with Crippen LogP contribution in [0, 0.1) is 11.8 Å². The maximum absolute atomic E-state index is 13.3. The van der Waals surface area contributed by atoms with Crippen LogP contribution in [0.3, 0.4) is 0 Å². The van der Waals surface area contributed by atoms with Gasteiger partial charge in [0.05, 0.1) is 0 Å². The van der Waals surface area contributed by atoms with Crippen LogP contribution in [0.2, 0.25) is 0 Å². The second-order valence-corrected chi connectivity index (χ2v) is 8.90. The third-order valence-corrected chi connectivity index (χ3v) is 6.66. The van der Waals surface area contributed by atoms with Gasteiger partial charge in [-0.1, -0.05) is 44.9 Å². The summed E-state index contributed by atoms with van der Waals surface area (Å²) >= 11 is 0. The monoisotopic (exact) mass is 421 g/mol. The number of benzene rings is 1. The number of hydrogen-bond donors (Lipinski definition) is 1. The summed E-state index contributed by atoms with van der Waals surface area (Å²) in [4.78, 5) is 30.3. The maximum atomic E-state index is 13.3. The van der Waals surface area contributed by atoms with Gasteiger partial charge in [0, 0.05) is 31.2 Å². The Balaban J connectivity index is 0.00000300. The molecule has 0 radical (unpaired) electrons. The number of hydrogen-bond acceptors (Lipinski definition) is 3. The van der Waals surface area contributed by atoms with E-state index in [0.29, 0.717) is 23.9 Å². The van der Waals surface area contributed by atoms with Crippen LogP contribution in [0.4, 0.5) is 0 Å². The van der Waals surface area contributed by atoms with Crippen molar-refractivity contribution >= 4 is 24.2 Å². The van der Waals surface area contributed by atoms with E-state index in [1.165, 1.54) is 6.42 Å². The Morgan fingerprint density at radius 3 is 2.48 bits per heavy atom. The van der Waals surface area contributed by atoms with Gasteiger partial charge in [-0.05, 0) is 49.7 Å². The van der Waals surface area contributed by atoms with Crippen molar-refractivity contribution < 1.29 is 9.59 Å². The molecule has 1 saturated carbocycles. The zero-order chi connectivity index (χ0) is 20.3. The van der Waals surface area contributed by atoms with E-state index in [1.54, 1.807) is 4.90 Å². The smallest absolute Gasteiger partial charge is 0.254 e. The van der Waals surface area contributed by atoms with Gasteiger partial charge in [0.15, 0.2) is 0 Å². The van der Waals surface area contributed by atoms with Crippen molar-refractivity contribution in [1.82, 2.24) is 9.80 Å². The molecule has 162 valence electrons. The fraction of sp³-hybridized carbons (Fsp3) is 0.652. The lowest BCUT2D eigenvalue weighted by Gasteiger charge is -2.35. The summed E-state index contributed by atoms with van der Waals surface area (Å²) in [6, 6.07) is 9.33. The van der Waals surface area contributed by atoms with Gasteiger partial charge in [0.25, 0.3) is 5.91 Å². The number of carbonyl (C=O) groups is 2. The lowest BCUT2D eigenvalue weighted by molar-refractivity contribution is -0.134. The van der Waals surface area contributed by atoms with Crippen molar-refractivity contribution in [2.75, 3.05) is 13.6 Å². The zero-order valence-corrected chi connectivity index (χ0v) is 18.7. The van der Waals surface area contributed by atoms with Crippen LogP contribution in [-0.4, -0.2) is 53.3 Å². The molecule has 4 atom stereocenters. The molecule has 0 bridgehead atoms. The highest BCUT2D eigenvalue weighted by molar-refractivity contribution is 5.98. The third-order valence-electron chi connectivity index (χ3n) is 6.66. The summed E-state index contributed by atoms with van der Waals surface area (Å²) in [7, 11) is 1.85. The van der Waals surface area contributed by atoms with Gasteiger partial charge in [-0.2, -0.15) is 0 Å². The first kappa shape index (κ1) is 23.7. The highest BCUT2D eigenvalue weighted by Gasteiger charge is 2.48. The van der Waals surface area contributed by atoms with Gasteiger partial charge < -0.3 is 15.5 Å². The fourth-order valence-corrected chi connectivity index (χ4v) is 4.74. The molecule has 2 fully saturated rings. The van der Waals surface area contributed by atoms with E-state index in [9.17, 15) is 9.59 Å². The molecule has 6 heteroatoms. The molecule has 2 N–H and O–H groups in total. The first-order valence-electron chi connectivity index (χ1n) is 10.8. The summed E-state index contributed by atoms with van der Waals surface area (Å²) in [6.07, 6.45) is 6.05. The van der Waals surface area contributed by atoms with Gasteiger partial charge in [-0.3, -0.25) is 9.59 Å². The summed E-state index contributed by atoms with van der Waals surface area (Å²) < 4.78 is 0. The van der Waals surface area contributed by atoms with Crippen LogP contribution in [-0.2, 0) is 4.79 Å². The SMILES string of the molecule is CC(C)C(N)CCN(C)C(=O)C1CC2CCCCC2N1C(=O)c1ccccc1.Cl. The molecule has 1 aliphatic heterocycles. The number of carbonyl (C=O) groups excluding carboxylic acids is 2. The second kappa shape index (κ2) is 10.4. The van der Waals surface area contributed by atoms with Gasteiger partial charge in [0.1, 0.15) is 6.04 Å². The molecule has 2 aliphatic rings. The van der Waals surface area contributed by atoms with Crippen LogP contribution in [0.25, 0.3) is 0 Å². The van der Waals surface area contributed by atoms with Crippen molar-refractivity contribution in [3.63, 3.8) is 0 Å². The van der Waals surface area contributed by atoms with E-state index in [0.717, 1.165) is 32.1 Å². The molecule has 0 spiro atoms. The van der Waals surface area contributed by atoms with Crippen molar-refractivity contribution in [3.05, 3.63) is 35.9 Å². The highest BCUT2D eigenvalue weighted by atomic mass is 35.5. The number of nitrogens with two attached hydrogens (primary N) is 1. The first-order chi connectivity index (χ1) is 13.4. The predicted octanol–water partition coefficient (Wildman–Crippen LogP) is 3.71. The molecule has 1 heterocycles. The summed E-state index contributed by atoms with van der Waals surface area (Å²) in [5.74, 6) is 0.908. The largest absolute Gasteiger partial charge is 0.344 e. The van der Waals surface area contributed by atoms with Gasteiger partial charge in [0.2, 0.25) is 5.91 Å². The van der Waals surface area contributed by atoms with Crippen LogP contribution >= 0.6 is 12.4 Å². The molecular formula is C23H36ClN3O2. The molecule has 2 amide bonds. The fourth-order valence-electron chi connectivity index (χ4n) is 4.74. The molecule has 29 heavy (non-hydrogen) atoms. The Hall–Kier alpha value is -1.59. The summed E-state index contributed by atoms with van der Waals surface area (Å²) in [5, 5.41) is 0. The Morgan fingerprint density at radius 1 is 1.17 bits per heavy atom. The van der Waals surface area contributed by atoms with Crippen molar-refractivity contribution in [1.29, 1.82) is 0 Å². The van der Waals surface area contributed by atoms with Crippen molar-refractivity contribution in [3.8, 4) is 0 Å². The molecular weight excluding hydrogens is 386 g/mol. The quantitative estimate of drug-likeness (QED) is 0.761. The summed E-state index contributed by atoms with van der Waals surface area (Å²) in [6.45, 7) is 4.85. The molecule has 4 unspecified atom stereocenters. The van der Waals surface area contributed by atoms with E-state index >= 15 is 0 Å². The molecule has 1 aromatic rings. The number of halogens is 1. The standard InChI is InChI=1S/C23H35N3O2.ClH/c1-16(2)19(24)13-14-25(3)23(28)21-15-18-11-7-8-12-20(18)26(21)22(27)17-9-5-4-6-10-17;/h4-6,9-10,16,18-21H,7-8,11-15,24H2,1-3H3;1H. The van der Waals surface area contributed by atoms with Gasteiger partial charge in [-0.25, -0.2) is 0 Å². The molecule has 0 aromatic heterocycles. The minimum absolute atomic E-state index is 0. The third kappa shape index (κ3) is 5.32. The normalized spacial score (nSPS) is 24.6. The van der Waals surface area contributed by atoms with E-state index in [2.05, 4.69) is 13.8 Å². The Morgan fingerprint density at radius 2 is 1.83 bits per heavy atom. The lowest BCUT2D eigenvalue weighted by atomic mass is 9.84. The summed E-state index contributed by atoms with van der Waals surface area (Å²) in [5.41, 5.74) is 6.84. The zero-order valence-electron chi connectivity index (χ0n) is 17.9. The number of likely N-dealkylation sites (N-methyl/N-ethyl adjacent to an activating group) is 1. The minimum Gasteiger partial charge on any atom is -0.344 e. The number of rotatable bonds is 6. The van der Waals surface area contributed by atoms with E-state index in [-0.39, 0.29) is 42.3 Å². The predicted molar refractivity (Wildman–Crippen MR) is 119 cm³/mol. The highest BCUT2D eigenvalue weighted by Crippen LogP contribution is 2.41. The van der Waals surface area contributed by atoms with E-state index in [1.807, 2.05) is 42.3 Å². The maximum Gasteiger partial charge on any atom is 0.254 e. The van der Waals surface area contributed by atoms with Crippen molar-refractivity contribution in [2.45, 2.75) is 70.5 Å². The molecule has 1 saturated heterocycles. The average molecular weight is 422 g/mol. The molecule has 3 rings (SSSR count). The van der Waals surface area contributed by atoms with Crippen LogP contribution in [0.15, 0.2) is 30.3 Å². The molecule has 1 aliphatic carbocycles. The Bertz CT molecular complexity index is 682. The number of likely N-dealkylation sites (tertiary alicyclic amines) is 1. The number of fused-ring (bicyclic) bond motifs is 1.